The van der Waals surface area contributed by atoms with Crippen LogP contribution in [0.2, 0.25) is 0 Å². The van der Waals surface area contributed by atoms with Crippen LogP contribution >= 0.6 is 0 Å². The molecule has 5 heteroatoms. The summed E-state index contributed by atoms with van der Waals surface area (Å²) in [6, 6.07) is 5.19. The van der Waals surface area contributed by atoms with Crippen LogP contribution in [0.5, 0.6) is 5.75 Å². The van der Waals surface area contributed by atoms with Crippen molar-refractivity contribution in [3.8, 4) is 5.75 Å². The average molecular weight is 252 g/mol. The average Bonchev–Trinajstić information content (AvgIpc) is 2.35. The maximum absolute atomic E-state index is 12.0. The maximum atomic E-state index is 12.0. The molecular formula is C13H20N2O3. The number of anilines is 1. The third-order valence-electron chi connectivity index (χ3n) is 2.40. The van der Waals surface area contributed by atoms with Crippen LogP contribution in [-0.2, 0) is 4.74 Å². The van der Waals surface area contributed by atoms with Gasteiger partial charge in [-0.15, -0.1) is 0 Å². The topological polar surface area (TPSA) is 73.6 Å². The van der Waals surface area contributed by atoms with Gasteiger partial charge in [-0.1, -0.05) is 6.07 Å². The van der Waals surface area contributed by atoms with E-state index in [0.29, 0.717) is 36.8 Å². The Hall–Kier alpha value is -1.75. The Kier molecular flexibility index (Phi) is 6.00. The van der Waals surface area contributed by atoms with Gasteiger partial charge in [0.2, 0.25) is 0 Å². The fraction of sp³-hybridized carbons (Fsp3) is 0.462. The zero-order chi connectivity index (χ0) is 13.4. The van der Waals surface area contributed by atoms with Crippen LogP contribution in [0, 0.1) is 0 Å². The number of rotatable bonds is 7. The molecule has 0 heterocycles. The number of hydrogen-bond acceptors (Lipinski definition) is 4. The van der Waals surface area contributed by atoms with E-state index in [1.165, 1.54) is 0 Å². The number of nitrogens with two attached hydrogens (primary N) is 1. The quantitative estimate of drug-likeness (QED) is 0.569. The van der Waals surface area contributed by atoms with Gasteiger partial charge >= 0.3 is 0 Å². The number of carbonyl (C=O) groups is 1. The zero-order valence-corrected chi connectivity index (χ0v) is 10.9. The van der Waals surface area contributed by atoms with Gasteiger partial charge in [-0.3, -0.25) is 4.79 Å². The lowest BCUT2D eigenvalue weighted by atomic mass is 10.1. The molecule has 0 unspecified atom stereocenters. The van der Waals surface area contributed by atoms with E-state index in [-0.39, 0.29) is 5.91 Å². The summed E-state index contributed by atoms with van der Waals surface area (Å²) in [7, 11) is 1.63. The molecule has 3 N–H and O–H groups in total. The summed E-state index contributed by atoms with van der Waals surface area (Å²) in [5.41, 5.74) is 6.64. The molecule has 5 nitrogen and oxygen atoms in total. The predicted molar refractivity (Wildman–Crippen MR) is 70.8 cm³/mol. The van der Waals surface area contributed by atoms with Crippen molar-refractivity contribution in [3.05, 3.63) is 23.8 Å². The van der Waals surface area contributed by atoms with Crippen molar-refractivity contribution < 1.29 is 14.3 Å². The number of nitrogen functional groups attached to an aromatic ring is 1. The van der Waals surface area contributed by atoms with Crippen molar-refractivity contribution in [2.75, 3.05) is 32.6 Å². The SMILES string of the molecule is CCOc1cccc(N)c1C(=O)NCCCOC. The fourth-order valence-corrected chi connectivity index (χ4v) is 1.57. The van der Waals surface area contributed by atoms with Crippen LogP contribution < -0.4 is 15.8 Å². The van der Waals surface area contributed by atoms with E-state index in [0.717, 1.165) is 6.42 Å². The first-order valence-electron chi connectivity index (χ1n) is 5.99. The molecule has 0 saturated heterocycles. The molecular weight excluding hydrogens is 232 g/mol. The van der Waals surface area contributed by atoms with Crippen LogP contribution in [0.3, 0.4) is 0 Å². The van der Waals surface area contributed by atoms with E-state index in [1.54, 1.807) is 25.3 Å². The molecule has 0 fully saturated rings. The van der Waals surface area contributed by atoms with Gasteiger partial charge in [0.05, 0.1) is 6.61 Å². The van der Waals surface area contributed by atoms with Gasteiger partial charge in [0.1, 0.15) is 11.3 Å². The van der Waals surface area contributed by atoms with Gasteiger partial charge in [-0.05, 0) is 25.5 Å². The number of methoxy groups -OCH3 is 1. The molecule has 0 atom stereocenters. The van der Waals surface area contributed by atoms with E-state index < -0.39 is 0 Å². The van der Waals surface area contributed by atoms with Gasteiger partial charge < -0.3 is 20.5 Å². The standard InChI is InChI=1S/C13H20N2O3/c1-3-18-11-7-4-6-10(14)12(11)13(16)15-8-5-9-17-2/h4,6-7H,3,5,8-9,14H2,1-2H3,(H,15,16). The number of hydrogen-bond donors (Lipinski definition) is 2. The second kappa shape index (κ2) is 7.55. The summed E-state index contributed by atoms with van der Waals surface area (Å²) in [5.74, 6) is 0.300. The largest absolute Gasteiger partial charge is 0.493 e. The van der Waals surface area contributed by atoms with Crippen LogP contribution in [0.4, 0.5) is 5.69 Å². The minimum Gasteiger partial charge on any atom is -0.493 e. The fourth-order valence-electron chi connectivity index (χ4n) is 1.57. The summed E-state index contributed by atoms with van der Waals surface area (Å²) >= 11 is 0. The van der Waals surface area contributed by atoms with Crippen molar-refractivity contribution >= 4 is 11.6 Å². The summed E-state index contributed by atoms with van der Waals surface area (Å²) in [5, 5.41) is 2.79. The van der Waals surface area contributed by atoms with Crippen molar-refractivity contribution in [1.82, 2.24) is 5.32 Å². The third-order valence-corrected chi connectivity index (χ3v) is 2.40. The van der Waals surface area contributed by atoms with Crippen LogP contribution in [0.1, 0.15) is 23.7 Å². The maximum Gasteiger partial charge on any atom is 0.257 e. The molecule has 18 heavy (non-hydrogen) atoms. The van der Waals surface area contributed by atoms with E-state index in [2.05, 4.69) is 5.32 Å². The Morgan fingerprint density at radius 2 is 2.22 bits per heavy atom. The highest BCUT2D eigenvalue weighted by Crippen LogP contribution is 2.24. The number of benzene rings is 1. The van der Waals surface area contributed by atoms with E-state index in [1.807, 2.05) is 6.92 Å². The highest BCUT2D eigenvalue weighted by atomic mass is 16.5. The lowest BCUT2D eigenvalue weighted by Crippen LogP contribution is -2.26. The highest BCUT2D eigenvalue weighted by molar-refractivity contribution is 6.01. The van der Waals surface area contributed by atoms with Gasteiger partial charge in [0, 0.05) is 25.9 Å². The van der Waals surface area contributed by atoms with E-state index in [4.69, 9.17) is 15.2 Å². The van der Waals surface area contributed by atoms with Crippen LogP contribution in [0.15, 0.2) is 18.2 Å². The van der Waals surface area contributed by atoms with Gasteiger partial charge in [-0.25, -0.2) is 0 Å². The molecule has 0 aliphatic rings. The van der Waals surface area contributed by atoms with Crippen LogP contribution in [-0.4, -0.2) is 32.8 Å². The molecule has 0 aliphatic carbocycles. The Balaban J connectivity index is 2.71. The first kappa shape index (κ1) is 14.3. The van der Waals surface area contributed by atoms with Crippen molar-refractivity contribution in [3.63, 3.8) is 0 Å². The van der Waals surface area contributed by atoms with Crippen molar-refractivity contribution in [1.29, 1.82) is 0 Å². The summed E-state index contributed by atoms with van der Waals surface area (Å²) in [6.45, 7) is 3.52. The second-order valence-electron chi connectivity index (χ2n) is 3.76. The van der Waals surface area contributed by atoms with Crippen molar-refractivity contribution in [2.24, 2.45) is 0 Å². The van der Waals surface area contributed by atoms with Crippen LogP contribution in [0.25, 0.3) is 0 Å². The summed E-state index contributed by atoms with van der Waals surface area (Å²) in [6.07, 6.45) is 0.763. The Labute approximate surface area is 107 Å². The molecule has 0 spiro atoms. The molecule has 0 aliphatic heterocycles. The molecule has 1 aromatic rings. The molecule has 1 aromatic carbocycles. The zero-order valence-electron chi connectivity index (χ0n) is 10.9. The Morgan fingerprint density at radius 1 is 1.44 bits per heavy atom. The molecule has 1 rings (SSSR count). The molecule has 0 bridgehead atoms. The summed E-state index contributed by atoms with van der Waals surface area (Å²) in [4.78, 5) is 12.0. The normalized spacial score (nSPS) is 10.1. The highest BCUT2D eigenvalue weighted by Gasteiger charge is 2.15. The molecule has 1 amide bonds. The smallest absolute Gasteiger partial charge is 0.257 e. The van der Waals surface area contributed by atoms with Gasteiger partial charge in [-0.2, -0.15) is 0 Å². The minimum absolute atomic E-state index is 0.215. The van der Waals surface area contributed by atoms with E-state index in [9.17, 15) is 4.79 Å². The van der Waals surface area contributed by atoms with Gasteiger partial charge in [0.15, 0.2) is 0 Å². The number of ether oxygens (including phenoxy) is 2. The number of carbonyl (C=O) groups excluding carboxylic acids is 1. The Morgan fingerprint density at radius 3 is 2.89 bits per heavy atom. The van der Waals surface area contributed by atoms with E-state index >= 15 is 0 Å². The predicted octanol–water partition coefficient (Wildman–Crippen LogP) is 1.43. The molecule has 100 valence electrons. The number of amides is 1. The third kappa shape index (κ3) is 3.92. The first-order valence-corrected chi connectivity index (χ1v) is 5.99. The second-order valence-corrected chi connectivity index (χ2v) is 3.76. The van der Waals surface area contributed by atoms with Crippen molar-refractivity contribution in [2.45, 2.75) is 13.3 Å². The lowest BCUT2D eigenvalue weighted by Gasteiger charge is -2.12. The first-order chi connectivity index (χ1) is 8.70. The molecule has 0 radical (unpaired) electrons. The molecule has 0 aromatic heterocycles. The Bertz CT molecular complexity index is 394. The minimum atomic E-state index is -0.215. The summed E-state index contributed by atoms with van der Waals surface area (Å²) < 4.78 is 10.3. The van der Waals surface area contributed by atoms with Gasteiger partial charge in [0.25, 0.3) is 5.91 Å². The molecule has 0 saturated carbocycles. The monoisotopic (exact) mass is 252 g/mol. The lowest BCUT2D eigenvalue weighted by molar-refractivity contribution is 0.0946. The number of nitrogens with one attached hydrogen (secondary N) is 1.